The fourth-order valence-electron chi connectivity index (χ4n) is 2.38. The summed E-state index contributed by atoms with van der Waals surface area (Å²) in [5, 5.41) is 0. The Kier molecular flexibility index (Phi) is 9.52. The van der Waals surface area contributed by atoms with Gasteiger partial charge in [-0.1, -0.05) is 13.2 Å². The average Bonchev–Trinajstić information content (AvgIpc) is 2.82. The third-order valence-electron chi connectivity index (χ3n) is 3.90. The van der Waals surface area contributed by atoms with Gasteiger partial charge in [-0.2, -0.15) is 0 Å². The Hall–Kier alpha value is -4.07. The van der Waals surface area contributed by atoms with E-state index < -0.39 is 24.0 Å². The number of benzene rings is 2. The van der Waals surface area contributed by atoms with E-state index in [1.54, 1.807) is 36.4 Å². The molecular weight excluding hydrogens is 416 g/mol. The monoisotopic (exact) mass is 440 g/mol. The third-order valence-corrected chi connectivity index (χ3v) is 3.90. The van der Waals surface area contributed by atoms with Crippen LogP contribution in [0.2, 0.25) is 0 Å². The molecule has 0 radical (unpaired) electrons. The van der Waals surface area contributed by atoms with Crippen molar-refractivity contribution in [1.29, 1.82) is 0 Å². The van der Waals surface area contributed by atoms with E-state index in [1.807, 2.05) is 6.92 Å². The van der Waals surface area contributed by atoms with Gasteiger partial charge in [-0.3, -0.25) is 0 Å². The molecular formula is C24H24O8. The third kappa shape index (κ3) is 7.98. The Balaban J connectivity index is 1.92. The minimum Gasteiger partial charge on any atom is -0.494 e. The van der Waals surface area contributed by atoms with Gasteiger partial charge in [0.25, 0.3) is 0 Å². The summed E-state index contributed by atoms with van der Waals surface area (Å²) in [7, 11) is 0. The second-order valence-electron chi connectivity index (χ2n) is 6.23. The van der Waals surface area contributed by atoms with Gasteiger partial charge in [-0.25, -0.2) is 14.4 Å². The summed E-state index contributed by atoms with van der Waals surface area (Å²) in [5.74, 6) is -0.377. The maximum Gasteiger partial charge on any atom is 0.343 e. The second-order valence-corrected chi connectivity index (χ2v) is 6.23. The molecule has 0 bridgehead atoms. The molecule has 32 heavy (non-hydrogen) atoms. The maximum absolute atomic E-state index is 12.3. The van der Waals surface area contributed by atoms with Crippen molar-refractivity contribution in [3.05, 3.63) is 79.4 Å². The van der Waals surface area contributed by atoms with Crippen LogP contribution in [0, 0.1) is 0 Å². The van der Waals surface area contributed by atoms with Crippen LogP contribution in [-0.4, -0.2) is 43.8 Å². The highest BCUT2D eigenvalue weighted by atomic mass is 16.6. The number of ether oxygens (including phenoxy) is 5. The van der Waals surface area contributed by atoms with Gasteiger partial charge in [-0.05, 0) is 55.5 Å². The van der Waals surface area contributed by atoms with Crippen molar-refractivity contribution in [2.45, 2.75) is 13.0 Å². The fourth-order valence-corrected chi connectivity index (χ4v) is 2.38. The van der Waals surface area contributed by atoms with Crippen LogP contribution < -0.4 is 14.2 Å². The van der Waals surface area contributed by atoms with Gasteiger partial charge >= 0.3 is 17.9 Å². The molecule has 0 aliphatic heterocycles. The lowest BCUT2D eigenvalue weighted by molar-refractivity contribution is -0.154. The van der Waals surface area contributed by atoms with Gasteiger partial charge in [0.15, 0.2) is 6.10 Å². The number of carbonyl (C=O) groups excluding carboxylic acids is 3. The van der Waals surface area contributed by atoms with Crippen molar-refractivity contribution in [2.75, 3.05) is 19.8 Å². The summed E-state index contributed by atoms with van der Waals surface area (Å²) in [6.07, 6.45) is 1.14. The lowest BCUT2D eigenvalue weighted by Crippen LogP contribution is -2.30. The molecule has 2 rings (SSSR count). The minimum absolute atomic E-state index is 0.0834. The van der Waals surface area contributed by atoms with E-state index in [4.69, 9.17) is 23.7 Å². The van der Waals surface area contributed by atoms with E-state index >= 15 is 0 Å². The molecule has 0 saturated carbocycles. The zero-order valence-corrected chi connectivity index (χ0v) is 17.7. The van der Waals surface area contributed by atoms with E-state index in [1.165, 1.54) is 12.1 Å². The van der Waals surface area contributed by atoms with Crippen LogP contribution >= 0.6 is 0 Å². The zero-order valence-electron chi connectivity index (χ0n) is 17.7. The van der Waals surface area contributed by atoms with Crippen molar-refractivity contribution in [3.63, 3.8) is 0 Å². The van der Waals surface area contributed by atoms with E-state index in [2.05, 4.69) is 13.2 Å². The Morgan fingerprint density at radius 3 is 1.97 bits per heavy atom. The van der Waals surface area contributed by atoms with E-state index in [-0.39, 0.29) is 13.2 Å². The SMILES string of the molecule is C=CC(=O)OCC(COc1ccc(C(=O)Oc2ccc(OCC)cc2)cc1)OC(=O)C=C. The molecule has 0 N–H and O–H groups in total. The van der Waals surface area contributed by atoms with Gasteiger partial charge in [0, 0.05) is 12.2 Å². The summed E-state index contributed by atoms with van der Waals surface area (Å²) in [6.45, 7) is 8.75. The van der Waals surface area contributed by atoms with E-state index in [0.717, 1.165) is 12.2 Å². The first-order valence-corrected chi connectivity index (χ1v) is 9.75. The topological polar surface area (TPSA) is 97.4 Å². The molecule has 1 atom stereocenters. The normalized spacial score (nSPS) is 10.9. The van der Waals surface area contributed by atoms with Gasteiger partial charge in [0.1, 0.15) is 30.5 Å². The van der Waals surface area contributed by atoms with Gasteiger partial charge in [0.2, 0.25) is 0 Å². The highest BCUT2D eigenvalue weighted by molar-refractivity contribution is 5.91. The van der Waals surface area contributed by atoms with E-state index in [9.17, 15) is 14.4 Å². The van der Waals surface area contributed by atoms with Crippen LogP contribution in [0.5, 0.6) is 17.2 Å². The smallest absolute Gasteiger partial charge is 0.343 e. The second kappa shape index (κ2) is 12.6. The van der Waals surface area contributed by atoms with Crippen LogP contribution in [0.3, 0.4) is 0 Å². The summed E-state index contributed by atoms with van der Waals surface area (Å²) in [5.41, 5.74) is 0.320. The van der Waals surface area contributed by atoms with Crippen LogP contribution in [0.1, 0.15) is 17.3 Å². The van der Waals surface area contributed by atoms with E-state index in [0.29, 0.717) is 29.4 Å². The summed E-state index contributed by atoms with van der Waals surface area (Å²) >= 11 is 0. The molecule has 8 heteroatoms. The van der Waals surface area contributed by atoms with Crippen molar-refractivity contribution >= 4 is 17.9 Å². The molecule has 1 unspecified atom stereocenters. The molecule has 0 aliphatic carbocycles. The predicted molar refractivity (Wildman–Crippen MR) is 116 cm³/mol. The molecule has 0 aliphatic rings. The van der Waals surface area contributed by atoms with Crippen molar-refractivity contribution in [3.8, 4) is 17.2 Å². The summed E-state index contributed by atoms with van der Waals surface area (Å²) < 4.78 is 26.2. The van der Waals surface area contributed by atoms with Crippen molar-refractivity contribution in [2.24, 2.45) is 0 Å². The van der Waals surface area contributed by atoms with Crippen molar-refractivity contribution < 1.29 is 38.1 Å². The highest BCUT2D eigenvalue weighted by Gasteiger charge is 2.16. The summed E-state index contributed by atoms with van der Waals surface area (Å²) in [4.78, 5) is 35.0. The number of hydrogen-bond acceptors (Lipinski definition) is 8. The quantitative estimate of drug-likeness (QED) is 0.281. The zero-order chi connectivity index (χ0) is 23.3. The molecule has 0 fully saturated rings. The first-order chi connectivity index (χ1) is 15.4. The van der Waals surface area contributed by atoms with Gasteiger partial charge in [0.05, 0.1) is 12.2 Å². The standard InChI is InChI=1S/C24H24O8/c1-4-22(25)30-16-21(31-23(26)5-2)15-29-19-9-7-17(8-10-19)24(27)32-20-13-11-18(12-14-20)28-6-3/h4-5,7-14,21H,1-2,6,15-16H2,3H3. The molecule has 0 spiro atoms. The molecule has 0 heterocycles. The number of rotatable bonds is 12. The highest BCUT2D eigenvalue weighted by Crippen LogP contribution is 2.20. The first-order valence-electron chi connectivity index (χ1n) is 9.75. The molecule has 168 valence electrons. The average molecular weight is 440 g/mol. The Morgan fingerprint density at radius 1 is 0.812 bits per heavy atom. The molecule has 2 aromatic rings. The Labute approximate surface area is 186 Å². The fraction of sp³-hybridized carbons (Fsp3) is 0.208. The van der Waals surface area contributed by atoms with Gasteiger partial charge in [-0.15, -0.1) is 0 Å². The lowest BCUT2D eigenvalue weighted by atomic mass is 10.2. The molecule has 2 aromatic carbocycles. The maximum atomic E-state index is 12.3. The number of hydrogen-bond donors (Lipinski definition) is 0. The largest absolute Gasteiger partial charge is 0.494 e. The Bertz CT molecular complexity index is 931. The van der Waals surface area contributed by atoms with Crippen LogP contribution in [0.15, 0.2) is 73.8 Å². The van der Waals surface area contributed by atoms with Crippen LogP contribution in [0.25, 0.3) is 0 Å². The van der Waals surface area contributed by atoms with Crippen LogP contribution in [-0.2, 0) is 19.1 Å². The van der Waals surface area contributed by atoms with Gasteiger partial charge < -0.3 is 23.7 Å². The predicted octanol–water partition coefficient (Wildman–Crippen LogP) is 3.51. The number of esters is 3. The molecule has 0 aromatic heterocycles. The minimum atomic E-state index is -0.853. The summed E-state index contributed by atoms with van der Waals surface area (Å²) in [6, 6.07) is 12.9. The van der Waals surface area contributed by atoms with Crippen LogP contribution in [0.4, 0.5) is 0 Å². The lowest BCUT2D eigenvalue weighted by Gasteiger charge is -2.17. The molecule has 0 amide bonds. The van der Waals surface area contributed by atoms with Crippen molar-refractivity contribution in [1.82, 2.24) is 0 Å². The Morgan fingerprint density at radius 2 is 1.38 bits per heavy atom. The number of carbonyl (C=O) groups is 3. The first kappa shape index (κ1) is 24.2. The molecule has 0 saturated heterocycles. The molecule has 8 nitrogen and oxygen atoms in total.